The second-order valence-electron chi connectivity index (χ2n) is 5.70. The van der Waals surface area contributed by atoms with Gasteiger partial charge in [0.1, 0.15) is 0 Å². The van der Waals surface area contributed by atoms with Crippen molar-refractivity contribution >= 4 is 11.9 Å². The van der Waals surface area contributed by atoms with Crippen LogP contribution < -0.4 is 10.6 Å². The van der Waals surface area contributed by atoms with Gasteiger partial charge in [-0.2, -0.15) is 15.0 Å². The highest BCUT2D eigenvalue weighted by atomic mass is 15.2. The van der Waals surface area contributed by atoms with E-state index in [1.165, 1.54) is 0 Å². The highest BCUT2D eigenvalue weighted by Gasteiger charge is 2.03. The molecule has 0 saturated heterocycles. The summed E-state index contributed by atoms with van der Waals surface area (Å²) in [7, 11) is 0. The fourth-order valence-electron chi connectivity index (χ4n) is 2.51. The predicted octanol–water partition coefficient (Wildman–Crippen LogP) is 1.96. The Bertz CT molecular complexity index is 384. The largest absolute Gasteiger partial charge is 0.354 e. The first-order chi connectivity index (χ1) is 11.7. The lowest BCUT2D eigenvalue weighted by molar-refractivity contribution is 0.303. The number of hydrogen-bond acceptors (Lipinski definition) is 7. The molecule has 0 atom stereocenters. The van der Waals surface area contributed by atoms with Gasteiger partial charge in [0.05, 0.1) is 0 Å². The summed E-state index contributed by atoms with van der Waals surface area (Å²) in [5.74, 6) is 1.19. The number of aromatic nitrogens is 3. The molecule has 7 heteroatoms. The molecule has 0 aliphatic rings. The Morgan fingerprint density at radius 1 is 0.750 bits per heavy atom. The summed E-state index contributed by atoms with van der Waals surface area (Å²) in [5.41, 5.74) is 0. The molecule has 24 heavy (non-hydrogen) atoms. The van der Waals surface area contributed by atoms with Crippen LogP contribution in [0.3, 0.4) is 0 Å². The van der Waals surface area contributed by atoms with E-state index in [2.05, 4.69) is 69.4 Å². The number of rotatable bonds is 14. The first-order valence-electron chi connectivity index (χ1n) is 9.27. The Hall–Kier alpha value is -1.47. The van der Waals surface area contributed by atoms with E-state index in [1.807, 2.05) is 0 Å². The van der Waals surface area contributed by atoms with Crippen LogP contribution >= 0.6 is 0 Å². The molecule has 0 aliphatic heterocycles. The minimum absolute atomic E-state index is 0.593. The van der Waals surface area contributed by atoms with Gasteiger partial charge in [0.25, 0.3) is 0 Å². The van der Waals surface area contributed by atoms with Crippen molar-refractivity contribution in [2.45, 2.75) is 40.5 Å². The fraction of sp³-hybridized carbons (Fsp3) is 0.824. The molecular weight excluding hydrogens is 302 g/mol. The second kappa shape index (κ2) is 12.9. The molecular formula is C17H34N7. The number of anilines is 2. The first kappa shape index (κ1) is 20.6. The second-order valence-corrected chi connectivity index (χ2v) is 5.70. The topological polar surface area (TPSA) is 69.2 Å². The van der Waals surface area contributed by atoms with Gasteiger partial charge >= 0.3 is 0 Å². The third-order valence-corrected chi connectivity index (χ3v) is 4.18. The van der Waals surface area contributed by atoms with E-state index in [1.54, 1.807) is 0 Å². The summed E-state index contributed by atoms with van der Waals surface area (Å²) < 4.78 is 0. The summed E-state index contributed by atoms with van der Waals surface area (Å²) in [6.45, 7) is 17.0. The standard InChI is InChI=1S/C17H34N7/c1-5-23(6-2)13-9-11-18-16-20-15-21-17(22-16)19-12-10-14-24(7-3)8-4/h5-14H2,1-4H3,(H2,18,19,20,21,22). The monoisotopic (exact) mass is 336 g/mol. The van der Waals surface area contributed by atoms with Crippen LogP contribution in [0.2, 0.25) is 0 Å². The van der Waals surface area contributed by atoms with Crippen LogP contribution in [0.15, 0.2) is 0 Å². The van der Waals surface area contributed by atoms with Crippen LogP contribution in [0.25, 0.3) is 0 Å². The van der Waals surface area contributed by atoms with Gasteiger partial charge in [-0.25, -0.2) is 0 Å². The molecule has 0 aromatic carbocycles. The minimum Gasteiger partial charge on any atom is -0.354 e. The van der Waals surface area contributed by atoms with Crippen LogP contribution in [-0.2, 0) is 0 Å². The quantitative estimate of drug-likeness (QED) is 0.503. The van der Waals surface area contributed by atoms with E-state index in [0.29, 0.717) is 11.9 Å². The molecule has 1 aromatic rings. The van der Waals surface area contributed by atoms with Crippen molar-refractivity contribution in [3.8, 4) is 0 Å². The first-order valence-corrected chi connectivity index (χ1v) is 9.27. The molecule has 0 fully saturated rings. The normalized spacial score (nSPS) is 11.2. The smallest absolute Gasteiger partial charge is 0.228 e. The number of hydrogen-bond donors (Lipinski definition) is 2. The van der Waals surface area contributed by atoms with E-state index < -0.39 is 0 Å². The van der Waals surface area contributed by atoms with Crippen molar-refractivity contribution in [3.05, 3.63) is 6.33 Å². The molecule has 137 valence electrons. The molecule has 7 nitrogen and oxygen atoms in total. The molecule has 1 heterocycles. The van der Waals surface area contributed by atoms with E-state index in [4.69, 9.17) is 0 Å². The molecule has 0 unspecified atom stereocenters. The molecule has 0 spiro atoms. The predicted molar refractivity (Wildman–Crippen MR) is 100 cm³/mol. The highest BCUT2D eigenvalue weighted by molar-refractivity contribution is 5.32. The molecule has 1 radical (unpaired) electrons. The van der Waals surface area contributed by atoms with E-state index in [-0.39, 0.29) is 0 Å². The third kappa shape index (κ3) is 8.40. The van der Waals surface area contributed by atoms with Gasteiger partial charge in [-0.3, -0.25) is 0 Å². The lowest BCUT2D eigenvalue weighted by atomic mass is 10.3. The van der Waals surface area contributed by atoms with Gasteiger partial charge in [0.15, 0.2) is 0 Å². The minimum atomic E-state index is 0.593. The zero-order chi connectivity index (χ0) is 17.6. The Morgan fingerprint density at radius 3 is 1.54 bits per heavy atom. The van der Waals surface area contributed by atoms with Crippen LogP contribution in [0.1, 0.15) is 40.5 Å². The van der Waals surface area contributed by atoms with Crippen molar-refractivity contribution in [2.24, 2.45) is 0 Å². The lowest BCUT2D eigenvalue weighted by Gasteiger charge is -2.18. The Morgan fingerprint density at radius 2 is 1.17 bits per heavy atom. The molecule has 0 bridgehead atoms. The van der Waals surface area contributed by atoms with Crippen molar-refractivity contribution in [1.82, 2.24) is 24.8 Å². The van der Waals surface area contributed by atoms with Gasteiger partial charge in [-0.05, 0) is 52.1 Å². The maximum atomic E-state index is 4.38. The lowest BCUT2D eigenvalue weighted by Crippen LogP contribution is -2.26. The van der Waals surface area contributed by atoms with E-state index in [9.17, 15) is 0 Å². The molecule has 0 aliphatic carbocycles. The molecule has 2 N–H and O–H groups in total. The average Bonchev–Trinajstić information content (AvgIpc) is 2.62. The van der Waals surface area contributed by atoms with Gasteiger partial charge in [-0.15, -0.1) is 0 Å². The van der Waals surface area contributed by atoms with Crippen molar-refractivity contribution < 1.29 is 0 Å². The number of nitrogens with one attached hydrogen (secondary N) is 2. The van der Waals surface area contributed by atoms with E-state index >= 15 is 0 Å². The van der Waals surface area contributed by atoms with Crippen LogP contribution in [0.4, 0.5) is 11.9 Å². The Balaban J connectivity index is 2.25. The van der Waals surface area contributed by atoms with Crippen molar-refractivity contribution in [2.75, 3.05) is 63.0 Å². The summed E-state index contributed by atoms with van der Waals surface area (Å²) in [6, 6.07) is 0. The van der Waals surface area contributed by atoms with Crippen molar-refractivity contribution in [1.29, 1.82) is 0 Å². The van der Waals surface area contributed by atoms with Crippen LogP contribution in [-0.4, -0.2) is 77.1 Å². The zero-order valence-electron chi connectivity index (χ0n) is 15.8. The van der Waals surface area contributed by atoms with Crippen molar-refractivity contribution in [3.63, 3.8) is 0 Å². The third-order valence-electron chi connectivity index (χ3n) is 4.18. The van der Waals surface area contributed by atoms with Gasteiger partial charge in [-0.1, -0.05) is 27.7 Å². The fourth-order valence-corrected chi connectivity index (χ4v) is 2.51. The van der Waals surface area contributed by atoms with E-state index in [0.717, 1.165) is 65.2 Å². The molecule has 0 saturated carbocycles. The summed E-state index contributed by atoms with van der Waals surface area (Å²) in [5, 5.41) is 6.49. The van der Waals surface area contributed by atoms with Gasteiger partial charge < -0.3 is 20.4 Å². The van der Waals surface area contributed by atoms with Gasteiger partial charge in [0, 0.05) is 13.1 Å². The average molecular weight is 337 g/mol. The maximum Gasteiger partial charge on any atom is 0.228 e. The van der Waals surface area contributed by atoms with Crippen LogP contribution in [0, 0.1) is 6.33 Å². The Labute approximate surface area is 147 Å². The molecule has 1 rings (SSSR count). The summed E-state index contributed by atoms with van der Waals surface area (Å²) in [4.78, 5) is 17.3. The summed E-state index contributed by atoms with van der Waals surface area (Å²) in [6.07, 6.45) is 4.80. The molecule has 1 aromatic heterocycles. The summed E-state index contributed by atoms with van der Waals surface area (Å²) >= 11 is 0. The Kier molecular flexibility index (Phi) is 11.1. The number of nitrogens with zero attached hydrogens (tertiary/aromatic N) is 5. The zero-order valence-corrected chi connectivity index (χ0v) is 15.8. The molecule has 0 amide bonds. The maximum absolute atomic E-state index is 4.38. The van der Waals surface area contributed by atoms with Gasteiger partial charge in [0.2, 0.25) is 18.2 Å². The highest BCUT2D eigenvalue weighted by Crippen LogP contribution is 2.02. The van der Waals surface area contributed by atoms with Crippen LogP contribution in [0.5, 0.6) is 0 Å². The SMILES string of the molecule is CCN(CC)CCCNc1n[c]nc(NCCCN(CC)CC)n1.